The number of aryl methyl sites for hydroxylation is 1. The number of rotatable bonds is 3. The highest BCUT2D eigenvalue weighted by atomic mass is 32.1. The van der Waals surface area contributed by atoms with Crippen LogP contribution in [-0.2, 0) is 11.3 Å². The maximum absolute atomic E-state index is 5.87. The first kappa shape index (κ1) is 13.9. The van der Waals surface area contributed by atoms with E-state index in [4.69, 9.17) is 4.74 Å². The minimum absolute atomic E-state index is 0.0526. The molecule has 0 aliphatic carbocycles. The van der Waals surface area contributed by atoms with Crippen molar-refractivity contribution >= 4 is 21.4 Å². The quantitative estimate of drug-likeness (QED) is 0.804. The van der Waals surface area contributed by atoms with Gasteiger partial charge in [0, 0.05) is 41.1 Å². The standard InChI is InChI=1S/C17H19N3OS/c1-12-9-18-17(19-12)15-11-20(6-7-21-15)10-14-8-13-4-2-3-5-16(13)22-14/h2-5,8-9,15H,6-7,10-11H2,1H3,(H,18,19). The zero-order valence-electron chi connectivity index (χ0n) is 12.6. The Balaban J connectivity index is 1.48. The van der Waals surface area contributed by atoms with Gasteiger partial charge in [0.1, 0.15) is 11.9 Å². The molecule has 1 N–H and O–H groups in total. The largest absolute Gasteiger partial charge is 0.368 e. The minimum atomic E-state index is 0.0526. The number of hydrogen-bond acceptors (Lipinski definition) is 4. The average Bonchev–Trinajstić information content (AvgIpc) is 3.13. The molecule has 1 aliphatic rings. The molecule has 3 aromatic rings. The Morgan fingerprint density at radius 1 is 1.41 bits per heavy atom. The van der Waals surface area contributed by atoms with Crippen molar-refractivity contribution in [1.29, 1.82) is 0 Å². The van der Waals surface area contributed by atoms with E-state index in [1.807, 2.05) is 24.5 Å². The van der Waals surface area contributed by atoms with Crippen LogP contribution in [-0.4, -0.2) is 34.6 Å². The molecule has 1 saturated heterocycles. The molecule has 0 bridgehead atoms. The summed E-state index contributed by atoms with van der Waals surface area (Å²) in [6.45, 7) is 5.63. The Hall–Kier alpha value is -1.69. The summed E-state index contributed by atoms with van der Waals surface area (Å²) in [4.78, 5) is 11.6. The van der Waals surface area contributed by atoms with E-state index in [0.717, 1.165) is 37.8 Å². The van der Waals surface area contributed by atoms with Gasteiger partial charge >= 0.3 is 0 Å². The van der Waals surface area contributed by atoms with E-state index in [0.29, 0.717) is 0 Å². The lowest BCUT2D eigenvalue weighted by atomic mass is 10.2. The van der Waals surface area contributed by atoms with Crippen molar-refractivity contribution in [1.82, 2.24) is 14.9 Å². The van der Waals surface area contributed by atoms with Gasteiger partial charge in [-0.15, -0.1) is 11.3 Å². The number of imidazole rings is 1. The summed E-state index contributed by atoms with van der Waals surface area (Å²) in [5, 5.41) is 1.34. The second-order valence-electron chi connectivity index (χ2n) is 5.80. The number of hydrogen-bond donors (Lipinski definition) is 1. The summed E-state index contributed by atoms with van der Waals surface area (Å²) in [6, 6.07) is 10.9. The van der Waals surface area contributed by atoms with Crippen molar-refractivity contribution in [2.75, 3.05) is 19.7 Å². The Morgan fingerprint density at radius 2 is 2.32 bits per heavy atom. The zero-order chi connectivity index (χ0) is 14.9. The first-order chi connectivity index (χ1) is 10.8. The molecular formula is C17H19N3OS. The number of fused-ring (bicyclic) bond motifs is 1. The van der Waals surface area contributed by atoms with Crippen LogP contribution in [0.1, 0.15) is 22.5 Å². The molecule has 0 spiro atoms. The average molecular weight is 313 g/mol. The van der Waals surface area contributed by atoms with Gasteiger partial charge in [0.2, 0.25) is 0 Å². The highest BCUT2D eigenvalue weighted by molar-refractivity contribution is 7.19. The number of aromatic nitrogens is 2. The molecule has 1 aromatic carbocycles. The first-order valence-electron chi connectivity index (χ1n) is 7.61. The van der Waals surface area contributed by atoms with Crippen molar-refractivity contribution < 1.29 is 4.74 Å². The van der Waals surface area contributed by atoms with Gasteiger partial charge in [-0.05, 0) is 24.4 Å². The van der Waals surface area contributed by atoms with Gasteiger partial charge in [-0.25, -0.2) is 4.98 Å². The van der Waals surface area contributed by atoms with Crippen LogP contribution in [0.5, 0.6) is 0 Å². The van der Waals surface area contributed by atoms with Crippen LogP contribution in [0, 0.1) is 6.92 Å². The van der Waals surface area contributed by atoms with E-state index in [-0.39, 0.29) is 6.10 Å². The molecule has 3 heterocycles. The smallest absolute Gasteiger partial charge is 0.136 e. The predicted molar refractivity (Wildman–Crippen MR) is 89.1 cm³/mol. The van der Waals surface area contributed by atoms with E-state index >= 15 is 0 Å². The number of benzene rings is 1. The van der Waals surface area contributed by atoms with Gasteiger partial charge in [0.25, 0.3) is 0 Å². The van der Waals surface area contributed by atoms with E-state index < -0.39 is 0 Å². The summed E-state index contributed by atoms with van der Waals surface area (Å²) in [7, 11) is 0. The van der Waals surface area contributed by atoms with E-state index in [1.165, 1.54) is 15.0 Å². The number of nitrogens with zero attached hydrogens (tertiary/aromatic N) is 2. The lowest BCUT2D eigenvalue weighted by Gasteiger charge is -2.31. The Morgan fingerprint density at radius 3 is 3.14 bits per heavy atom. The number of H-pyrrole nitrogens is 1. The molecular weight excluding hydrogens is 294 g/mol. The summed E-state index contributed by atoms with van der Waals surface area (Å²) in [6.07, 6.45) is 1.92. The number of morpholine rings is 1. The lowest BCUT2D eigenvalue weighted by molar-refractivity contribution is -0.0365. The molecule has 0 amide bonds. The molecule has 1 fully saturated rings. The second-order valence-corrected chi connectivity index (χ2v) is 6.96. The molecule has 114 valence electrons. The van der Waals surface area contributed by atoms with E-state index in [2.05, 4.69) is 45.2 Å². The van der Waals surface area contributed by atoms with Crippen molar-refractivity contribution in [3.8, 4) is 0 Å². The molecule has 1 aliphatic heterocycles. The van der Waals surface area contributed by atoms with Crippen LogP contribution in [0.3, 0.4) is 0 Å². The summed E-state index contributed by atoms with van der Waals surface area (Å²) in [5.41, 5.74) is 1.08. The highest BCUT2D eigenvalue weighted by Gasteiger charge is 2.24. The van der Waals surface area contributed by atoms with E-state index in [1.54, 1.807) is 0 Å². The zero-order valence-corrected chi connectivity index (χ0v) is 13.4. The number of aromatic amines is 1. The van der Waals surface area contributed by atoms with Crippen molar-refractivity contribution in [2.45, 2.75) is 19.6 Å². The molecule has 1 unspecified atom stereocenters. The predicted octanol–water partition coefficient (Wildman–Crippen LogP) is 3.51. The molecule has 0 saturated carbocycles. The maximum Gasteiger partial charge on any atom is 0.136 e. The van der Waals surface area contributed by atoms with Gasteiger partial charge in [0.15, 0.2) is 0 Å². The van der Waals surface area contributed by atoms with Crippen LogP contribution in [0.2, 0.25) is 0 Å². The van der Waals surface area contributed by atoms with Gasteiger partial charge < -0.3 is 9.72 Å². The normalized spacial score (nSPS) is 19.8. The molecule has 5 heteroatoms. The van der Waals surface area contributed by atoms with Crippen LogP contribution in [0.15, 0.2) is 36.5 Å². The number of ether oxygens (including phenoxy) is 1. The van der Waals surface area contributed by atoms with Crippen LogP contribution >= 0.6 is 11.3 Å². The summed E-state index contributed by atoms with van der Waals surface area (Å²) in [5.74, 6) is 0.943. The second kappa shape index (κ2) is 5.83. The maximum atomic E-state index is 5.87. The summed E-state index contributed by atoms with van der Waals surface area (Å²) < 4.78 is 7.24. The molecule has 4 nitrogen and oxygen atoms in total. The van der Waals surface area contributed by atoms with Crippen LogP contribution < -0.4 is 0 Å². The Bertz CT molecular complexity index is 746. The third kappa shape index (κ3) is 2.79. The fourth-order valence-electron chi connectivity index (χ4n) is 2.94. The van der Waals surface area contributed by atoms with Gasteiger partial charge in [-0.3, -0.25) is 4.90 Å². The molecule has 4 rings (SSSR count). The fourth-order valence-corrected chi connectivity index (χ4v) is 4.05. The van der Waals surface area contributed by atoms with E-state index in [9.17, 15) is 0 Å². The molecule has 22 heavy (non-hydrogen) atoms. The minimum Gasteiger partial charge on any atom is -0.368 e. The third-order valence-corrected chi connectivity index (χ3v) is 5.13. The van der Waals surface area contributed by atoms with Crippen molar-refractivity contribution in [2.24, 2.45) is 0 Å². The monoisotopic (exact) mass is 313 g/mol. The first-order valence-corrected chi connectivity index (χ1v) is 8.42. The SMILES string of the molecule is Cc1cnc(C2CN(Cc3cc4ccccc4s3)CCO2)[nH]1. The molecule has 2 aromatic heterocycles. The number of nitrogens with one attached hydrogen (secondary N) is 1. The number of thiophene rings is 1. The Labute approximate surface area is 133 Å². The van der Waals surface area contributed by atoms with Crippen LogP contribution in [0.4, 0.5) is 0 Å². The van der Waals surface area contributed by atoms with Crippen molar-refractivity contribution in [3.05, 3.63) is 52.9 Å². The van der Waals surface area contributed by atoms with Gasteiger partial charge in [-0.1, -0.05) is 18.2 Å². The Kier molecular flexibility index (Phi) is 3.70. The van der Waals surface area contributed by atoms with Crippen LogP contribution in [0.25, 0.3) is 10.1 Å². The molecule has 0 radical (unpaired) electrons. The van der Waals surface area contributed by atoms with Gasteiger partial charge in [-0.2, -0.15) is 0 Å². The topological polar surface area (TPSA) is 41.2 Å². The van der Waals surface area contributed by atoms with Crippen molar-refractivity contribution in [3.63, 3.8) is 0 Å². The fraction of sp³-hybridized carbons (Fsp3) is 0.353. The molecule has 1 atom stereocenters. The highest BCUT2D eigenvalue weighted by Crippen LogP contribution is 2.28. The third-order valence-electron chi connectivity index (χ3n) is 4.03. The summed E-state index contributed by atoms with van der Waals surface area (Å²) >= 11 is 1.89. The lowest BCUT2D eigenvalue weighted by Crippen LogP contribution is -2.38. The van der Waals surface area contributed by atoms with Gasteiger partial charge in [0.05, 0.1) is 6.61 Å².